The fraction of sp³-hybridized carbons (Fsp3) is 0.500. The standard InChI is InChI=1S/C20H22N4O4/c25-17-6-5-16(18(26)22-17)24-19(27)14-4-1-11(7-15(14)20(24)28)8-23-9-12-2-3-13(10-23)21-12/h1,4,7,12-13,16,21H,2-3,5-6,8-10H2,(H,22,25,26)/t12-,13+,16?. The minimum atomic E-state index is -0.919. The monoisotopic (exact) mass is 382 g/mol. The number of imide groups is 2. The van der Waals surface area contributed by atoms with E-state index in [9.17, 15) is 19.2 Å². The molecule has 4 aliphatic rings. The molecule has 4 heterocycles. The van der Waals surface area contributed by atoms with Crippen LogP contribution in [0.3, 0.4) is 0 Å². The van der Waals surface area contributed by atoms with Gasteiger partial charge in [0, 0.05) is 38.1 Å². The second-order valence-corrected chi connectivity index (χ2v) is 8.16. The number of piperidine rings is 1. The summed E-state index contributed by atoms with van der Waals surface area (Å²) in [5.41, 5.74) is 1.68. The predicted molar refractivity (Wildman–Crippen MR) is 98.3 cm³/mol. The zero-order valence-electron chi connectivity index (χ0n) is 15.4. The van der Waals surface area contributed by atoms with Gasteiger partial charge in [0.05, 0.1) is 11.1 Å². The summed E-state index contributed by atoms with van der Waals surface area (Å²) < 4.78 is 0. The van der Waals surface area contributed by atoms with Gasteiger partial charge in [-0.2, -0.15) is 0 Å². The molecule has 0 radical (unpaired) electrons. The lowest BCUT2D eigenvalue weighted by atomic mass is 10.0. The lowest BCUT2D eigenvalue weighted by Gasteiger charge is -2.32. The number of rotatable bonds is 3. The van der Waals surface area contributed by atoms with E-state index in [0.29, 0.717) is 23.2 Å². The highest BCUT2D eigenvalue weighted by Gasteiger charge is 2.44. The van der Waals surface area contributed by atoms with Crippen molar-refractivity contribution >= 4 is 23.6 Å². The second-order valence-electron chi connectivity index (χ2n) is 8.16. The number of fused-ring (bicyclic) bond motifs is 3. The molecule has 8 heteroatoms. The van der Waals surface area contributed by atoms with Gasteiger partial charge in [-0.25, -0.2) is 0 Å². The molecule has 3 atom stereocenters. The van der Waals surface area contributed by atoms with E-state index >= 15 is 0 Å². The summed E-state index contributed by atoms with van der Waals surface area (Å²) in [6.07, 6.45) is 2.71. The Kier molecular flexibility index (Phi) is 4.06. The van der Waals surface area contributed by atoms with E-state index in [1.54, 1.807) is 12.1 Å². The van der Waals surface area contributed by atoms with Crippen LogP contribution in [0, 0.1) is 0 Å². The highest BCUT2D eigenvalue weighted by atomic mass is 16.2. The van der Waals surface area contributed by atoms with Crippen molar-refractivity contribution < 1.29 is 19.2 Å². The van der Waals surface area contributed by atoms with Crippen molar-refractivity contribution in [3.63, 3.8) is 0 Å². The average Bonchev–Trinajstić information content (AvgIpc) is 3.12. The molecule has 0 aliphatic carbocycles. The first kappa shape index (κ1) is 17.5. The Morgan fingerprint density at radius 2 is 1.64 bits per heavy atom. The van der Waals surface area contributed by atoms with E-state index in [2.05, 4.69) is 15.5 Å². The molecule has 4 aliphatic heterocycles. The number of piperazine rings is 1. The SMILES string of the molecule is O=C1CCC(N2C(=O)c3ccc(CN4C[C@H]5CC[C@@H](C4)N5)cc3C2=O)C(=O)N1. The number of benzene rings is 1. The minimum absolute atomic E-state index is 0.125. The highest BCUT2D eigenvalue weighted by Crippen LogP contribution is 2.29. The summed E-state index contributed by atoms with van der Waals surface area (Å²) in [6.45, 7) is 2.72. The summed E-state index contributed by atoms with van der Waals surface area (Å²) in [5, 5.41) is 5.82. The first-order chi connectivity index (χ1) is 13.5. The van der Waals surface area contributed by atoms with Crippen molar-refractivity contribution in [2.75, 3.05) is 13.1 Å². The number of carbonyl (C=O) groups excluding carboxylic acids is 4. The number of hydrogen-bond donors (Lipinski definition) is 2. The molecule has 1 aromatic carbocycles. The molecule has 2 N–H and O–H groups in total. The Labute approximate surface area is 162 Å². The Morgan fingerprint density at radius 1 is 0.929 bits per heavy atom. The van der Waals surface area contributed by atoms with Crippen LogP contribution < -0.4 is 10.6 Å². The van der Waals surface area contributed by atoms with Crippen LogP contribution in [0.2, 0.25) is 0 Å². The molecular weight excluding hydrogens is 360 g/mol. The molecule has 1 unspecified atom stereocenters. The number of carbonyl (C=O) groups is 4. The van der Waals surface area contributed by atoms with Crippen molar-refractivity contribution in [2.24, 2.45) is 0 Å². The lowest BCUT2D eigenvalue weighted by molar-refractivity contribution is -0.136. The number of nitrogens with zero attached hydrogens (tertiary/aromatic N) is 2. The van der Waals surface area contributed by atoms with E-state index in [1.165, 1.54) is 12.8 Å². The summed E-state index contributed by atoms with van der Waals surface area (Å²) in [6, 6.07) is 5.53. The van der Waals surface area contributed by atoms with E-state index < -0.39 is 23.8 Å². The van der Waals surface area contributed by atoms with Crippen LogP contribution in [-0.2, 0) is 16.1 Å². The molecule has 4 amide bonds. The third-order valence-electron chi connectivity index (χ3n) is 6.20. The first-order valence-electron chi connectivity index (χ1n) is 9.82. The predicted octanol–water partition coefficient (Wildman–Crippen LogP) is 0.0240. The van der Waals surface area contributed by atoms with Gasteiger partial charge in [-0.1, -0.05) is 6.07 Å². The Hall–Kier alpha value is -2.58. The summed E-state index contributed by atoms with van der Waals surface area (Å²) in [5.74, 6) is -1.86. The topological polar surface area (TPSA) is 98.8 Å². The summed E-state index contributed by atoms with van der Waals surface area (Å²) in [7, 11) is 0. The van der Waals surface area contributed by atoms with E-state index in [-0.39, 0.29) is 18.7 Å². The molecule has 8 nitrogen and oxygen atoms in total. The van der Waals surface area contributed by atoms with Crippen LogP contribution >= 0.6 is 0 Å². The molecule has 146 valence electrons. The van der Waals surface area contributed by atoms with E-state index in [0.717, 1.165) is 30.1 Å². The maximum atomic E-state index is 12.9. The van der Waals surface area contributed by atoms with Gasteiger partial charge in [0.25, 0.3) is 11.8 Å². The van der Waals surface area contributed by atoms with Crippen LogP contribution in [0.1, 0.15) is 52.0 Å². The van der Waals surface area contributed by atoms with Crippen molar-refractivity contribution in [1.29, 1.82) is 0 Å². The Morgan fingerprint density at radius 3 is 2.36 bits per heavy atom. The molecule has 5 rings (SSSR count). The van der Waals surface area contributed by atoms with Crippen LogP contribution in [0.15, 0.2) is 18.2 Å². The Balaban J connectivity index is 1.36. The molecule has 1 aromatic rings. The summed E-state index contributed by atoms with van der Waals surface area (Å²) in [4.78, 5) is 52.6. The quantitative estimate of drug-likeness (QED) is 0.716. The van der Waals surface area contributed by atoms with Crippen molar-refractivity contribution in [2.45, 2.75) is 50.4 Å². The molecule has 3 saturated heterocycles. The second kappa shape index (κ2) is 6.49. The van der Waals surface area contributed by atoms with Gasteiger partial charge in [-0.3, -0.25) is 34.3 Å². The number of nitrogens with one attached hydrogen (secondary N) is 2. The van der Waals surface area contributed by atoms with Crippen LogP contribution in [-0.4, -0.2) is 64.6 Å². The van der Waals surface area contributed by atoms with Gasteiger partial charge in [0.1, 0.15) is 6.04 Å². The molecule has 3 fully saturated rings. The van der Waals surface area contributed by atoms with Crippen molar-refractivity contribution in [1.82, 2.24) is 20.4 Å². The largest absolute Gasteiger partial charge is 0.309 e. The van der Waals surface area contributed by atoms with Crippen LogP contribution in [0.5, 0.6) is 0 Å². The number of hydrogen-bond acceptors (Lipinski definition) is 6. The molecular formula is C20H22N4O4. The third-order valence-corrected chi connectivity index (χ3v) is 6.20. The van der Waals surface area contributed by atoms with Gasteiger partial charge in [0.2, 0.25) is 11.8 Å². The van der Waals surface area contributed by atoms with Gasteiger partial charge in [0.15, 0.2) is 0 Å². The first-order valence-corrected chi connectivity index (χ1v) is 9.82. The minimum Gasteiger partial charge on any atom is -0.309 e. The van der Waals surface area contributed by atoms with Crippen molar-refractivity contribution in [3.05, 3.63) is 34.9 Å². The van der Waals surface area contributed by atoms with Gasteiger partial charge in [-0.15, -0.1) is 0 Å². The highest BCUT2D eigenvalue weighted by molar-refractivity contribution is 6.23. The zero-order valence-corrected chi connectivity index (χ0v) is 15.4. The van der Waals surface area contributed by atoms with Gasteiger partial charge < -0.3 is 5.32 Å². The van der Waals surface area contributed by atoms with Crippen LogP contribution in [0.25, 0.3) is 0 Å². The van der Waals surface area contributed by atoms with Gasteiger partial charge in [-0.05, 0) is 37.0 Å². The normalized spacial score (nSPS) is 30.0. The average molecular weight is 382 g/mol. The molecule has 0 aromatic heterocycles. The van der Waals surface area contributed by atoms with Gasteiger partial charge >= 0.3 is 0 Å². The maximum absolute atomic E-state index is 12.9. The maximum Gasteiger partial charge on any atom is 0.262 e. The molecule has 0 saturated carbocycles. The third kappa shape index (κ3) is 2.84. The molecule has 2 bridgehead atoms. The number of likely N-dealkylation sites (tertiary alicyclic amines) is 1. The van der Waals surface area contributed by atoms with Crippen molar-refractivity contribution in [3.8, 4) is 0 Å². The zero-order chi connectivity index (χ0) is 19.4. The fourth-order valence-corrected chi connectivity index (χ4v) is 4.89. The smallest absolute Gasteiger partial charge is 0.262 e. The molecule has 0 spiro atoms. The van der Waals surface area contributed by atoms with E-state index in [4.69, 9.17) is 0 Å². The van der Waals surface area contributed by atoms with E-state index in [1.807, 2.05) is 6.07 Å². The lowest BCUT2D eigenvalue weighted by Crippen LogP contribution is -2.54. The molecule has 28 heavy (non-hydrogen) atoms. The Bertz CT molecular complexity index is 886. The summed E-state index contributed by atoms with van der Waals surface area (Å²) >= 11 is 0. The number of amides is 4. The fourth-order valence-electron chi connectivity index (χ4n) is 4.89. The van der Waals surface area contributed by atoms with Crippen LogP contribution in [0.4, 0.5) is 0 Å².